The summed E-state index contributed by atoms with van der Waals surface area (Å²) in [7, 11) is 3.03. The number of hydrogen-bond donors (Lipinski definition) is 1. The highest BCUT2D eigenvalue weighted by Gasteiger charge is 2.20. The Morgan fingerprint density at radius 2 is 1.83 bits per heavy atom. The zero-order chi connectivity index (χ0) is 25.1. The molecular weight excluding hydrogens is 460 g/mol. The van der Waals surface area contributed by atoms with Crippen molar-refractivity contribution in [2.24, 2.45) is 0 Å². The molecule has 1 N–H and O–H groups in total. The zero-order valence-electron chi connectivity index (χ0n) is 20.3. The lowest BCUT2D eigenvalue weighted by atomic mass is 10.1. The second-order valence-corrected chi connectivity index (χ2v) is 8.81. The molecule has 5 rings (SSSR count). The molecule has 1 amide bonds. The Hall–Kier alpha value is -3.95. The molecule has 1 saturated heterocycles. The molecule has 0 bridgehead atoms. The van der Waals surface area contributed by atoms with Gasteiger partial charge in [0.2, 0.25) is 11.3 Å². The number of anilines is 1. The second-order valence-electron chi connectivity index (χ2n) is 8.81. The fourth-order valence-corrected chi connectivity index (χ4v) is 4.54. The van der Waals surface area contributed by atoms with Gasteiger partial charge in [-0.25, -0.2) is 0 Å². The van der Waals surface area contributed by atoms with Crippen molar-refractivity contribution in [2.45, 2.75) is 6.54 Å². The lowest BCUT2D eigenvalue weighted by molar-refractivity contribution is -0.117. The largest absolute Gasteiger partial charge is 0.496 e. The number of piperazine rings is 1. The third-order valence-corrected chi connectivity index (χ3v) is 6.41. The molecule has 0 saturated carbocycles. The maximum Gasteiger partial charge on any atom is 0.238 e. The van der Waals surface area contributed by atoms with E-state index in [0.717, 1.165) is 32.7 Å². The summed E-state index contributed by atoms with van der Waals surface area (Å²) in [5, 5.41) is 3.62. The topological polar surface area (TPSA) is 97.1 Å². The first-order valence-corrected chi connectivity index (χ1v) is 11.8. The molecule has 1 aliphatic rings. The molecular formula is C27H28N4O5. The molecule has 1 fully saturated rings. The van der Waals surface area contributed by atoms with Gasteiger partial charge in [-0.05, 0) is 29.8 Å². The number of fused-ring (bicyclic) bond motifs is 2. The normalized spacial score (nSPS) is 14.7. The monoisotopic (exact) mass is 488 g/mol. The van der Waals surface area contributed by atoms with Gasteiger partial charge in [0, 0.05) is 62.9 Å². The van der Waals surface area contributed by atoms with Gasteiger partial charge in [-0.3, -0.25) is 24.4 Å². The minimum Gasteiger partial charge on any atom is -0.496 e. The van der Waals surface area contributed by atoms with Crippen LogP contribution in [-0.4, -0.2) is 67.6 Å². The maximum atomic E-state index is 13.3. The van der Waals surface area contributed by atoms with E-state index in [0.29, 0.717) is 45.7 Å². The fourth-order valence-electron chi connectivity index (χ4n) is 4.54. The first-order chi connectivity index (χ1) is 17.5. The molecule has 0 radical (unpaired) electrons. The van der Waals surface area contributed by atoms with Crippen LogP contribution in [0.25, 0.3) is 21.9 Å². The maximum absolute atomic E-state index is 13.3. The highest BCUT2D eigenvalue weighted by Crippen LogP contribution is 2.31. The first kappa shape index (κ1) is 23.8. The van der Waals surface area contributed by atoms with Crippen molar-refractivity contribution in [3.8, 4) is 11.5 Å². The summed E-state index contributed by atoms with van der Waals surface area (Å²) in [6, 6.07) is 12.4. The van der Waals surface area contributed by atoms with E-state index in [-0.39, 0.29) is 11.3 Å². The van der Waals surface area contributed by atoms with E-state index in [9.17, 15) is 9.59 Å². The number of methoxy groups -OCH3 is 2. The number of ether oxygens (including phenoxy) is 2. The van der Waals surface area contributed by atoms with Gasteiger partial charge in [0.05, 0.1) is 26.2 Å². The van der Waals surface area contributed by atoms with Gasteiger partial charge in [0.25, 0.3) is 0 Å². The number of rotatable bonds is 7. The predicted molar refractivity (Wildman–Crippen MR) is 138 cm³/mol. The molecule has 3 heterocycles. The van der Waals surface area contributed by atoms with Gasteiger partial charge in [0.15, 0.2) is 0 Å². The van der Waals surface area contributed by atoms with Crippen LogP contribution in [-0.2, 0) is 11.3 Å². The number of pyridine rings is 1. The van der Waals surface area contributed by atoms with Crippen LogP contribution in [0.2, 0.25) is 0 Å². The third-order valence-electron chi connectivity index (χ3n) is 6.41. The Balaban J connectivity index is 1.26. The van der Waals surface area contributed by atoms with E-state index in [2.05, 4.69) is 26.2 Å². The number of amides is 1. The average Bonchev–Trinajstić information content (AvgIpc) is 2.90. The molecule has 2 aromatic carbocycles. The van der Waals surface area contributed by atoms with Crippen molar-refractivity contribution in [1.82, 2.24) is 14.8 Å². The fraction of sp³-hybridized carbons (Fsp3) is 0.296. The van der Waals surface area contributed by atoms with Crippen LogP contribution < -0.4 is 20.2 Å². The SMILES string of the molecule is COc1cc(OC)c2c(=O)c3cc(NC(=O)CN4CCN(Cc5cccnc5)CC4)ccc3oc2c1. The summed E-state index contributed by atoms with van der Waals surface area (Å²) in [5.74, 6) is 0.781. The van der Waals surface area contributed by atoms with Gasteiger partial charge < -0.3 is 19.2 Å². The number of nitrogens with one attached hydrogen (secondary N) is 1. The Labute approximate surface area is 208 Å². The first-order valence-electron chi connectivity index (χ1n) is 11.8. The highest BCUT2D eigenvalue weighted by molar-refractivity contribution is 5.98. The van der Waals surface area contributed by atoms with Crippen molar-refractivity contribution < 1.29 is 18.7 Å². The van der Waals surface area contributed by atoms with Crippen molar-refractivity contribution in [1.29, 1.82) is 0 Å². The molecule has 2 aromatic heterocycles. The molecule has 0 spiro atoms. The summed E-state index contributed by atoms with van der Waals surface area (Å²) in [6.45, 7) is 4.55. The number of benzene rings is 2. The Bertz CT molecular complexity index is 1450. The zero-order valence-corrected chi connectivity index (χ0v) is 20.3. The molecule has 186 valence electrons. The molecule has 0 aliphatic carbocycles. The van der Waals surface area contributed by atoms with Crippen molar-refractivity contribution >= 4 is 33.5 Å². The second kappa shape index (κ2) is 10.3. The number of aromatic nitrogens is 1. The van der Waals surface area contributed by atoms with Crippen molar-refractivity contribution in [2.75, 3.05) is 52.3 Å². The van der Waals surface area contributed by atoms with Crippen LogP contribution >= 0.6 is 0 Å². The van der Waals surface area contributed by atoms with E-state index in [4.69, 9.17) is 13.9 Å². The Kier molecular flexibility index (Phi) is 6.84. The average molecular weight is 489 g/mol. The number of carbonyl (C=O) groups excluding carboxylic acids is 1. The van der Waals surface area contributed by atoms with Gasteiger partial charge in [0.1, 0.15) is 28.1 Å². The number of hydrogen-bond acceptors (Lipinski definition) is 8. The molecule has 9 heteroatoms. The van der Waals surface area contributed by atoms with Crippen molar-refractivity contribution in [3.05, 3.63) is 70.6 Å². The van der Waals surface area contributed by atoms with E-state index in [1.807, 2.05) is 12.3 Å². The summed E-state index contributed by atoms with van der Waals surface area (Å²) >= 11 is 0. The lowest BCUT2D eigenvalue weighted by Gasteiger charge is -2.34. The molecule has 0 atom stereocenters. The van der Waals surface area contributed by atoms with Gasteiger partial charge in [-0.1, -0.05) is 6.07 Å². The molecule has 0 unspecified atom stereocenters. The minimum absolute atomic E-state index is 0.123. The summed E-state index contributed by atoms with van der Waals surface area (Å²) in [5.41, 5.74) is 2.30. The number of carbonyl (C=O) groups is 1. The summed E-state index contributed by atoms with van der Waals surface area (Å²) < 4.78 is 16.6. The quantitative estimate of drug-likeness (QED) is 0.397. The van der Waals surface area contributed by atoms with Gasteiger partial charge >= 0.3 is 0 Å². The molecule has 1 aliphatic heterocycles. The van der Waals surface area contributed by atoms with Crippen LogP contribution in [0.4, 0.5) is 5.69 Å². The molecule has 36 heavy (non-hydrogen) atoms. The summed E-state index contributed by atoms with van der Waals surface area (Å²) in [6.07, 6.45) is 3.67. The van der Waals surface area contributed by atoms with Gasteiger partial charge in [-0.15, -0.1) is 0 Å². The van der Waals surface area contributed by atoms with Crippen LogP contribution in [0.5, 0.6) is 11.5 Å². The molecule has 4 aromatic rings. The smallest absolute Gasteiger partial charge is 0.238 e. The third kappa shape index (κ3) is 5.02. The Morgan fingerprint density at radius 1 is 1.03 bits per heavy atom. The summed E-state index contributed by atoms with van der Waals surface area (Å²) in [4.78, 5) is 34.7. The Morgan fingerprint density at radius 3 is 2.56 bits per heavy atom. The molecule has 9 nitrogen and oxygen atoms in total. The van der Waals surface area contributed by atoms with Crippen LogP contribution in [0, 0.1) is 0 Å². The highest BCUT2D eigenvalue weighted by atomic mass is 16.5. The van der Waals surface area contributed by atoms with E-state index >= 15 is 0 Å². The van der Waals surface area contributed by atoms with Crippen LogP contribution in [0.15, 0.2) is 64.1 Å². The van der Waals surface area contributed by atoms with Crippen molar-refractivity contribution in [3.63, 3.8) is 0 Å². The lowest BCUT2D eigenvalue weighted by Crippen LogP contribution is -2.48. The number of nitrogens with zero attached hydrogens (tertiary/aromatic N) is 3. The van der Waals surface area contributed by atoms with E-state index < -0.39 is 0 Å². The van der Waals surface area contributed by atoms with E-state index in [1.54, 1.807) is 36.5 Å². The van der Waals surface area contributed by atoms with Crippen LogP contribution in [0.1, 0.15) is 5.56 Å². The van der Waals surface area contributed by atoms with Gasteiger partial charge in [-0.2, -0.15) is 0 Å². The minimum atomic E-state index is -0.230. The predicted octanol–water partition coefficient (Wildman–Crippen LogP) is 3.11. The standard InChI is InChI=1S/C27H28N4O5/c1-34-20-13-23(35-2)26-24(14-20)36-22-6-5-19(12-21(22)27(26)33)29-25(32)17-31-10-8-30(9-11-31)16-18-4-3-7-28-15-18/h3-7,12-15H,8-11,16-17H2,1-2H3,(H,29,32). The van der Waals surface area contributed by atoms with Crippen LogP contribution in [0.3, 0.4) is 0 Å². The van der Waals surface area contributed by atoms with E-state index in [1.165, 1.54) is 19.8 Å².